The summed E-state index contributed by atoms with van der Waals surface area (Å²) in [5.74, 6) is 0.986. The average Bonchev–Trinajstić information content (AvgIpc) is 3.25. The van der Waals surface area contributed by atoms with Crippen LogP contribution < -0.4 is 5.32 Å². The summed E-state index contributed by atoms with van der Waals surface area (Å²) < 4.78 is 0.957. The summed E-state index contributed by atoms with van der Waals surface area (Å²) in [5.41, 5.74) is 1.97. The third-order valence-electron chi connectivity index (χ3n) is 3.69. The van der Waals surface area contributed by atoms with Crippen LogP contribution in [0.5, 0.6) is 0 Å². The van der Waals surface area contributed by atoms with Crippen molar-refractivity contribution in [2.75, 3.05) is 25.0 Å². The standard InChI is InChI=1S/C16H20N4OS2/c1-2-17-15-18-19-16(23-15)22-11-12-5-7-13(8-6-12)14(21)20-9-3-4-10-20/h5-8H,2-4,9-11H2,1H3,(H,17,18). The molecule has 0 aliphatic carbocycles. The minimum absolute atomic E-state index is 0.154. The van der Waals surface area contributed by atoms with Crippen LogP contribution in [0.15, 0.2) is 28.6 Å². The highest BCUT2D eigenvalue weighted by Gasteiger charge is 2.19. The van der Waals surface area contributed by atoms with Crippen LogP contribution >= 0.6 is 23.1 Å². The van der Waals surface area contributed by atoms with Crippen molar-refractivity contribution in [3.63, 3.8) is 0 Å². The Bertz CT molecular complexity index is 650. The highest BCUT2D eigenvalue weighted by Crippen LogP contribution is 2.28. The molecule has 0 atom stereocenters. The third-order valence-corrected chi connectivity index (χ3v) is 5.78. The van der Waals surface area contributed by atoms with Gasteiger partial charge in [0.05, 0.1) is 0 Å². The summed E-state index contributed by atoms with van der Waals surface area (Å²) in [6.45, 7) is 4.67. The molecule has 1 aliphatic rings. The number of anilines is 1. The molecule has 7 heteroatoms. The van der Waals surface area contributed by atoms with Crippen molar-refractivity contribution >= 4 is 34.1 Å². The van der Waals surface area contributed by atoms with E-state index in [0.29, 0.717) is 0 Å². The Morgan fingerprint density at radius 3 is 2.70 bits per heavy atom. The van der Waals surface area contributed by atoms with Crippen LogP contribution in [0.25, 0.3) is 0 Å². The van der Waals surface area contributed by atoms with Gasteiger partial charge in [-0.1, -0.05) is 35.2 Å². The molecule has 1 aliphatic heterocycles. The molecule has 0 saturated carbocycles. The fourth-order valence-corrected chi connectivity index (χ4v) is 4.26. The molecule has 122 valence electrons. The lowest BCUT2D eigenvalue weighted by Gasteiger charge is -2.15. The Balaban J connectivity index is 1.55. The van der Waals surface area contributed by atoms with Crippen molar-refractivity contribution in [3.05, 3.63) is 35.4 Å². The molecular formula is C16H20N4OS2. The molecule has 5 nitrogen and oxygen atoms in total. The third kappa shape index (κ3) is 4.23. The van der Waals surface area contributed by atoms with E-state index in [2.05, 4.69) is 15.5 Å². The molecule has 1 aromatic carbocycles. The van der Waals surface area contributed by atoms with E-state index in [1.54, 1.807) is 23.1 Å². The van der Waals surface area contributed by atoms with Gasteiger partial charge in [0.2, 0.25) is 5.13 Å². The smallest absolute Gasteiger partial charge is 0.253 e. The lowest BCUT2D eigenvalue weighted by Crippen LogP contribution is -2.27. The number of carbonyl (C=O) groups is 1. The normalized spacial score (nSPS) is 14.2. The summed E-state index contributed by atoms with van der Waals surface area (Å²) in [5, 5.41) is 12.3. The maximum atomic E-state index is 12.3. The van der Waals surface area contributed by atoms with Gasteiger partial charge >= 0.3 is 0 Å². The molecular weight excluding hydrogens is 328 g/mol. The first kappa shape index (κ1) is 16.3. The van der Waals surface area contributed by atoms with E-state index in [9.17, 15) is 4.79 Å². The molecule has 23 heavy (non-hydrogen) atoms. The fourth-order valence-electron chi connectivity index (χ4n) is 2.48. The van der Waals surface area contributed by atoms with Gasteiger partial charge in [-0.05, 0) is 37.5 Å². The Morgan fingerprint density at radius 1 is 1.26 bits per heavy atom. The molecule has 0 spiro atoms. The number of rotatable bonds is 6. The molecule has 1 amide bonds. The van der Waals surface area contributed by atoms with Crippen LogP contribution in [0.4, 0.5) is 5.13 Å². The number of hydrogen-bond donors (Lipinski definition) is 1. The Kier molecular flexibility index (Phi) is 5.51. The topological polar surface area (TPSA) is 58.1 Å². The highest BCUT2D eigenvalue weighted by atomic mass is 32.2. The quantitative estimate of drug-likeness (QED) is 0.810. The van der Waals surface area contributed by atoms with Crippen molar-refractivity contribution in [1.29, 1.82) is 0 Å². The molecule has 3 rings (SSSR count). The zero-order valence-corrected chi connectivity index (χ0v) is 14.8. The van der Waals surface area contributed by atoms with Crippen LogP contribution in [-0.2, 0) is 5.75 Å². The molecule has 0 bridgehead atoms. The number of thioether (sulfide) groups is 1. The first-order valence-corrected chi connectivity index (χ1v) is 9.65. The molecule has 2 aromatic rings. The van der Waals surface area contributed by atoms with Gasteiger partial charge in [0.25, 0.3) is 5.91 Å². The van der Waals surface area contributed by atoms with Crippen molar-refractivity contribution in [2.24, 2.45) is 0 Å². The van der Waals surface area contributed by atoms with Crippen molar-refractivity contribution in [3.8, 4) is 0 Å². The van der Waals surface area contributed by atoms with E-state index < -0.39 is 0 Å². The average molecular weight is 348 g/mol. The SMILES string of the molecule is CCNc1nnc(SCc2ccc(C(=O)N3CCCC3)cc2)s1. The summed E-state index contributed by atoms with van der Waals surface area (Å²) in [6.07, 6.45) is 2.24. The van der Waals surface area contributed by atoms with Gasteiger partial charge in [-0.2, -0.15) is 0 Å². The van der Waals surface area contributed by atoms with Gasteiger partial charge < -0.3 is 10.2 Å². The lowest BCUT2D eigenvalue weighted by molar-refractivity contribution is 0.0793. The second-order valence-corrected chi connectivity index (χ2v) is 7.59. The minimum Gasteiger partial charge on any atom is -0.360 e. The van der Waals surface area contributed by atoms with Gasteiger partial charge in [-0.25, -0.2) is 0 Å². The first-order valence-electron chi connectivity index (χ1n) is 7.84. The van der Waals surface area contributed by atoms with Crippen LogP contribution in [0.3, 0.4) is 0 Å². The van der Waals surface area contributed by atoms with E-state index in [1.807, 2.05) is 36.1 Å². The predicted molar refractivity (Wildman–Crippen MR) is 95.2 cm³/mol. The van der Waals surface area contributed by atoms with Gasteiger partial charge in [0, 0.05) is 31.0 Å². The number of benzene rings is 1. The monoisotopic (exact) mass is 348 g/mol. The second kappa shape index (κ2) is 7.79. The Hall–Kier alpha value is -1.60. The van der Waals surface area contributed by atoms with Crippen LogP contribution in [0, 0.1) is 0 Å². The molecule has 0 radical (unpaired) electrons. The largest absolute Gasteiger partial charge is 0.360 e. The first-order chi connectivity index (χ1) is 11.3. The molecule has 0 unspecified atom stereocenters. The number of aromatic nitrogens is 2. The maximum Gasteiger partial charge on any atom is 0.253 e. The zero-order valence-electron chi connectivity index (χ0n) is 13.1. The Morgan fingerprint density at radius 2 is 2.00 bits per heavy atom. The van der Waals surface area contributed by atoms with Crippen molar-refractivity contribution < 1.29 is 4.79 Å². The number of nitrogens with zero attached hydrogens (tertiary/aromatic N) is 3. The van der Waals surface area contributed by atoms with Crippen LogP contribution in [-0.4, -0.2) is 40.6 Å². The fraction of sp³-hybridized carbons (Fsp3) is 0.438. The maximum absolute atomic E-state index is 12.3. The molecule has 1 aromatic heterocycles. The van der Waals surface area contributed by atoms with E-state index >= 15 is 0 Å². The van der Waals surface area contributed by atoms with E-state index in [1.165, 1.54) is 5.56 Å². The number of amides is 1. The summed E-state index contributed by atoms with van der Waals surface area (Å²) >= 11 is 3.24. The number of hydrogen-bond acceptors (Lipinski definition) is 6. The molecule has 1 fully saturated rings. The molecule has 1 saturated heterocycles. The Labute approximate surface area is 144 Å². The number of carbonyl (C=O) groups excluding carboxylic acids is 1. The van der Waals surface area contributed by atoms with Crippen molar-refractivity contribution in [2.45, 2.75) is 29.9 Å². The van der Waals surface area contributed by atoms with E-state index in [-0.39, 0.29) is 5.91 Å². The lowest BCUT2D eigenvalue weighted by atomic mass is 10.1. The van der Waals surface area contributed by atoms with Gasteiger partial charge in [0.15, 0.2) is 4.34 Å². The second-order valence-electron chi connectivity index (χ2n) is 5.39. The minimum atomic E-state index is 0.154. The van der Waals surface area contributed by atoms with E-state index in [4.69, 9.17) is 0 Å². The summed E-state index contributed by atoms with van der Waals surface area (Å²) in [7, 11) is 0. The number of nitrogens with one attached hydrogen (secondary N) is 1. The van der Waals surface area contributed by atoms with Gasteiger partial charge in [-0.3, -0.25) is 4.79 Å². The predicted octanol–water partition coefficient (Wildman–Crippen LogP) is 3.50. The molecule has 2 heterocycles. The molecule has 1 N–H and O–H groups in total. The van der Waals surface area contributed by atoms with Crippen LogP contribution in [0.2, 0.25) is 0 Å². The number of likely N-dealkylation sites (tertiary alicyclic amines) is 1. The van der Waals surface area contributed by atoms with Gasteiger partial charge in [0.1, 0.15) is 0 Å². The highest BCUT2D eigenvalue weighted by molar-refractivity contribution is 8.00. The van der Waals surface area contributed by atoms with Crippen LogP contribution in [0.1, 0.15) is 35.7 Å². The van der Waals surface area contributed by atoms with E-state index in [0.717, 1.165) is 53.3 Å². The van der Waals surface area contributed by atoms with Gasteiger partial charge in [-0.15, -0.1) is 10.2 Å². The summed E-state index contributed by atoms with van der Waals surface area (Å²) in [4.78, 5) is 14.2. The zero-order chi connectivity index (χ0) is 16.1. The van der Waals surface area contributed by atoms with Crippen molar-refractivity contribution in [1.82, 2.24) is 15.1 Å². The summed E-state index contributed by atoms with van der Waals surface area (Å²) in [6, 6.07) is 7.92.